The van der Waals surface area contributed by atoms with Crippen LogP contribution in [0.1, 0.15) is 72.6 Å². The molecule has 0 saturated heterocycles. The van der Waals surface area contributed by atoms with E-state index in [0.717, 1.165) is 25.7 Å². The molecular weight excluding hydrogens is 324 g/mol. The van der Waals surface area contributed by atoms with E-state index in [-0.39, 0.29) is 28.8 Å². The molecule has 3 fully saturated rings. The summed E-state index contributed by atoms with van der Waals surface area (Å²) in [5.74, 6) is 1.63. The minimum Gasteiger partial charge on any atom is -0.462 e. The molecule has 4 rings (SSSR count). The molecule has 0 aromatic heterocycles. The normalized spacial score (nSPS) is 44.2. The van der Waals surface area contributed by atoms with E-state index in [1.165, 1.54) is 31.8 Å². The molecule has 0 spiro atoms. The fourth-order valence-electron chi connectivity index (χ4n) is 6.97. The fraction of sp³-hybridized carbons (Fsp3) is 0.739. The van der Waals surface area contributed by atoms with Crippen molar-refractivity contribution in [1.29, 1.82) is 0 Å². The van der Waals surface area contributed by atoms with Crippen LogP contribution in [0.5, 0.6) is 0 Å². The molecule has 0 N–H and O–H groups in total. The Balaban J connectivity index is 1.64. The molecule has 142 valence electrons. The van der Waals surface area contributed by atoms with Crippen molar-refractivity contribution in [3.63, 3.8) is 0 Å². The summed E-state index contributed by atoms with van der Waals surface area (Å²) in [6.45, 7) is 8.09. The van der Waals surface area contributed by atoms with E-state index in [2.05, 4.69) is 26.0 Å². The lowest BCUT2D eigenvalue weighted by Crippen LogP contribution is -2.46. The van der Waals surface area contributed by atoms with Gasteiger partial charge in [0.15, 0.2) is 0 Å². The highest BCUT2D eigenvalue weighted by atomic mass is 16.5. The predicted molar refractivity (Wildman–Crippen MR) is 101 cm³/mol. The number of hydrogen-bond acceptors (Lipinski definition) is 3. The molecule has 0 aromatic rings. The Hall–Kier alpha value is -1.38. The van der Waals surface area contributed by atoms with Crippen LogP contribution in [0.15, 0.2) is 23.3 Å². The minimum atomic E-state index is -0.166. The number of carbonyl (C=O) groups is 2. The zero-order chi connectivity index (χ0) is 18.7. The molecular formula is C23H32O3. The van der Waals surface area contributed by atoms with Crippen LogP contribution in [0.3, 0.4) is 0 Å². The number of esters is 1. The Bertz CT molecular complexity index is 702. The summed E-state index contributed by atoms with van der Waals surface area (Å²) >= 11 is 0. The van der Waals surface area contributed by atoms with Crippen LogP contribution < -0.4 is 0 Å². The van der Waals surface area contributed by atoms with Gasteiger partial charge < -0.3 is 4.74 Å². The maximum absolute atomic E-state index is 12.2. The maximum Gasteiger partial charge on any atom is 0.302 e. The van der Waals surface area contributed by atoms with Gasteiger partial charge in [-0.1, -0.05) is 37.1 Å². The van der Waals surface area contributed by atoms with Gasteiger partial charge in [-0.25, -0.2) is 0 Å². The molecule has 6 unspecified atom stereocenters. The van der Waals surface area contributed by atoms with Crippen molar-refractivity contribution in [2.75, 3.05) is 0 Å². The van der Waals surface area contributed by atoms with E-state index in [4.69, 9.17) is 4.74 Å². The first kappa shape index (κ1) is 18.0. The lowest BCUT2D eigenvalue weighted by atomic mass is 9.50. The lowest BCUT2D eigenvalue weighted by molar-refractivity contribution is -0.148. The van der Waals surface area contributed by atoms with Gasteiger partial charge in [0.05, 0.1) is 0 Å². The van der Waals surface area contributed by atoms with Crippen molar-refractivity contribution in [2.24, 2.45) is 28.6 Å². The van der Waals surface area contributed by atoms with Crippen molar-refractivity contribution in [2.45, 2.75) is 78.7 Å². The zero-order valence-corrected chi connectivity index (χ0v) is 16.6. The van der Waals surface area contributed by atoms with Crippen molar-refractivity contribution < 1.29 is 14.3 Å². The number of allylic oxidation sites excluding steroid dienone is 3. The Morgan fingerprint density at radius 3 is 2.46 bits per heavy atom. The highest BCUT2D eigenvalue weighted by Gasteiger charge is 2.57. The van der Waals surface area contributed by atoms with Crippen molar-refractivity contribution in [3.8, 4) is 0 Å². The molecule has 0 aliphatic heterocycles. The molecule has 0 amide bonds. The smallest absolute Gasteiger partial charge is 0.302 e. The van der Waals surface area contributed by atoms with E-state index in [0.29, 0.717) is 17.6 Å². The second kappa shape index (κ2) is 6.07. The van der Waals surface area contributed by atoms with E-state index in [1.54, 1.807) is 12.5 Å². The van der Waals surface area contributed by atoms with E-state index < -0.39 is 0 Å². The number of hydrogen-bond donors (Lipinski definition) is 0. The highest BCUT2D eigenvalue weighted by molar-refractivity contribution is 5.79. The first-order chi connectivity index (χ1) is 12.3. The Kier molecular flexibility index (Phi) is 4.20. The Morgan fingerprint density at radius 2 is 1.77 bits per heavy atom. The fourth-order valence-corrected chi connectivity index (χ4v) is 6.97. The van der Waals surface area contributed by atoms with Crippen LogP contribution in [0.25, 0.3) is 0 Å². The molecule has 4 aliphatic carbocycles. The number of rotatable bonds is 2. The van der Waals surface area contributed by atoms with E-state index in [1.807, 2.05) is 0 Å². The third-order valence-corrected chi connectivity index (χ3v) is 8.35. The summed E-state index contributed by atoms with van der Waals surface area (Å²) in [7, 11) is 0. The molecule has 0 heterocycles. The molecule has 0 aromatic carbocycles. The molecule has 26 heavy (non-hydrogen) atoms. The summed E-state index contributed by atoms with van der Waals surface area (Å²) in [6.07, 6.45) is 12.3. The average molecular weight is 357 g/mol. The van der Waals surface area contributed by atoms with Gasteiger partial charge in [-0.2, -0.15) is 0 Å². The molecule has 4 aliphatic rings. The number of fused-ring (bicyclic) bond motifs is 5. The van der Waals surface area contributed by atoms with Crippen LogP contribution in [0, 0.1) is 28.6 Å². The first-order valence-corrected chi connectivity index (χ1v) is 10.3. The second-order valence-electron chi connectivity index (χ2n) is 9.64. The number of ketones is 1. The topological polar surface area (TPSA) is 43.4 Å². The number of carbonyl (C=O) groups excluding carboxylic acids is 2. The summed E-state index contributed by atoms with van der Waals surface area (Å²) < 4.78 is 5.51. The standard InChI is InChI=1S/C23H32O3/c1-14(24)19-7-8-20-18-6-5-16-13-17(26-15(2)25)9-11-22(16,3)21(18)10-12-23(19,20)4/h5-6,17,19-21H,7-13H2,1-4H3. The molecule has 3 heteroatoms. The van der Waals surface area contributed by atoms with E-state index >= 15 is 0 Å². The monoisotopic (exact) mass is 356 g/mol. The largest absolute Gasteiger partial charge is 0.462 e. The summed E-state index contributed by atoms with van der Waals surface area (Å²) in [6, 6.07) is 0. The molecule has 0 bridgehead atoms. The minimum absolute atomic E-state index is 0.0456. The van der Waals surface area contributed by atoms with Crippen molar-refractivity contribution >= 4 is 11.8 Å². The third kappa shape index (κ3) is 2.53. The molecule has 3 saturated carbocycles. The van der Waals surface area contributed by atoms with Crippen molar-refractivity contribution in [3.05, 3.63) is 23.3 Å². The summed E-state index contributed by atoms with van der Waals surface area (Å²) in [5, 5.41) is 0. The van der Waals surface area contributed by atoms with Crippen LogP contribution in [-0.4, -0.2) is 17.9 Å². The lowest BCUT2D eigenvalue weighted by Gasteiger charge is -2.54. The average Bonchev–Trinajstić information content (AvgIpc) is 2.92. The van der Waals surface area contributed by atoms with Gasteiger partial charge in [0.2, 0.25) is 0 Å². The molecule has 3 nitrogen and oxygen atoms in total. The molecule has 6 atom stereocenters. The van der Waals surface area contributed by atoms with Gasteiger partial charge >= 0.3 is 5.97 Å². The quantitative estimate of drug-likeness (QED) is 0.654. The summed E-state index contributed by atoms with van der Waals surface area (Å²) in [4.78, 5) is 23.6. The van der Waals surface area contributed by atoms with Crippen LogP contribution in [0.4, 0.5) is 0 Å². The van der Waals surface area contributed by atoms with Gasteiger partial charge in [-0.05, 0) is 68.1 Å². The van der Waals surface area contributed by atoms with Gasteiger partial charge in [-0.15, -0.1) is 0 Å². The number of ether oxygens (including phenoxy) is 1. The first-order valence-electron chi connectivity index (χ1n) is 10.3. The van der Waals surface area contributed by atoms with Crippen LogP contribution >= 0.6 is 0 Å². The predicted octanol–water partition coefficient (Wildman–Crippen LogP) is 5.01. The summed E-state index contributed by atoms with van der Waals surface area (Å²) in [5.41, 5.74) is 3.44. The Morgan fingerprint density at radius 1 is 1.00 bits per heavy atom. The highest BCUT2D eigenvalue weighted by Crippen LogP contribution is 2.65. The van der Waals surface area contributed by atoms with Crippen LogP contribution in [0.2, 0.25) is 0 Å². The van der Waals surface area contributed by atoms with Crippen molar-refractivity contribution in [1.82, 2.24) is 0 Å². The molecule has 0 radical (unpaired) electrons. The third-order valence-electron chi connectivity index (χ3n) is 8.35. The SMILES string of the molecule is CC(=O)OC1CCC2(C)C(=CC=C3C2CCC2(C)C(C(C)=O)CCC32)C1. The van der Waals surface area contributed by atoms with Gasteiger partial charge in [0.25, 0.3) is 0 Å². The zero-order valence-electron chi connectivity index (χ0n) is 16.6. The number of Topliss-reactive ketones (excluding diaryl/α,β-unsaturated/α-hetero) is 1. The van der Waals surface area contributed by atoms with Gasteiger partial charge in [-0.3, -0.25) is 9.59 Å². The van der Waals surface area contributed by atoms with E-state index in [9.17, 15) is 9.59 Å². The second-order valence-corrected chi connectivity index (χ2v) is 9.64. The van der Waals surface area contributed by atoms with Gasteiger partial charge in [0, 0.05) is 19.3 Å². The van der Waals surface area contributed by atoms with Crippen LogP contribution in [-0.2, 0) is 14.3 Å². The Labute approximate surface area is 157 Å². The maximum atomic E-state index is 12.2. The van der Waals surface area contributed by atoms with Gasteiger partial charge in [0.1, 0.15) is 11.9 Å².